The van der Waals surface area contributed by atoms with Crippen molar-refractivity contribution >= 4 is 11.9 Å². The molecule has 0 bridgehead atoms. The van der Waals surface area contributed by atoms with Crippen LogP contribution in [0.4, 0.5) is 0 Å². The van der Waals surface area contributed by atoms with Crippen LogP contribution in [0.3, 0.4) is 0 Å². The van der Waals surface area contributed by atoms with Crippen LogP contribution in [-0.4, -0.2) is 23.7 Å². The third-order valence-corrected chi connectivity index (χ3v) is 3.68. The lowest BCUT2D eigenvalue weighted by Crippen LogP contribution is -2.35. The van der Waals surface area contributed by atoms with Crippen LogP contribution in [0.5, 0.6) is 0 Å². The summed E-state index contributed by atoms with van der Waals surface area (Å²) in [5.41, 5.74) is -0.653. The van der Waals surface area contributed by atoms with Crippen LogP contribution in [0.1, 0.15) is 52.4 Å². The normalized spacial score (nSPS) is 28.7. The molecule has 0 aromatic rings. The van der Waals surface area contributed by atoms with Gasteiger partial charge in [-0.25, -0.2) is 0 Å². The van der Waals surface area contributed by atoms with Gasteiger partial charge in [-0.15, -0.1) is 0 Å². The van der Waals surface area contributed by atoms with Gasteiger partial charge in [0.05, 0.1) is 17.9 Å². The van der Waals surface area contributed by atoms with Crippen LogP contribution in [-0.2, 0) is 14.3 Å². The zero-order valence-electron chi connectivity index (χ0n) is 10.7. The molecule has 4 heteroatoms. The predicted molar refractivity (Wildman–Crippen MR) is 63.6 cm³/mol. The second-order valence-electron chi connectivity index (χ2n) is 5.16. The summed E-state index contributed by atoms with van der Waals surface area (Å²) >= 11 is 0. The first-order valence-electron chi connectivity index (χ1n) is 6.39. The maximum absolute atomic E-state index is 11.7. The fourth-order valence-corrected chi connectivity index (χ4v) is 2.14. The smallest absolute Gasteiger partial charge is 0.309 e. The maximum Gasteiger partial charge on any atom is 0.309 e. The van der Waals surface area contributed by atoms with Gasteiger partial charge in [-0.3, -0.25) is 9.59 Å². The van der Waals surface area contributed by atoms with Crippen LogP contribution in [0.25, 0.3) is 0 Å². The fourth-order valence-electron chi connectivity index (χ4n) is 2.14. The number of carbonyl (C=O) groups excluding carboxylic acids is 1. The number of carbonyl (C=O) groups is 2. The van der Waals surface area contributed by atoms with Gasteiger partial charge in [0.25, 0.3) is 0 Å². The summed E-state index contributed by atoms with van der Waals surface area (Å²) < 4.78 is 5.16. The molecular formula is C13H22O4. The van der Waals surface area contributed by atoms with Gasteiger partial charge in [-0.2, -0.15) is 0 Å². The minimum atomic E-state index is -0.754. The first kappa shape index (κ1) is 14.0. The Morgan fingerprint density at radius 3 is 2.41 bits per heavy atom. The highest BCUT2D eigenvalue weighted by molar-refractivity contribution is 5.76. The first-order chi connectivity index (χ1) is 7.99. The molecule has 0 heterocycles. The third-order valence-electron chi connectivity index (χ3n) is 3.68. The lowest BCUT2D eigenvalue weighted by Gasteiger charge is -2.32. The summed E-state index contributed by atoms with van der Waals surface area (Å²) in [4.78, 5) is 22.7. The summed E-state index contributed by atoms with van der Waals surface area (Å²) in [6.07, 6.45) is 4.30. The maximum atomic E-state index is 11.7. The van der Waals surface area contributed by atoms with Gasteiger partial charge in [-0.05, 0) is 39.0 Å². The van der Waals surface area contributed by atoms with E-state index in [0.717, 1.165) is 12.8 Å². The van der Waals surface area contributed by atoms with Gasteiger partial charge < -0.3 is 9.84 Å². The summed E-state index contributed by atoms with van der Waals surface area (Å²) in [5, 5.41) is 9.08. The zero-order chi connectivity index (χ0) is 12.9. The van der Waals surface area contributed by atoms with Crippen molar-refractivity contribution in [2.75, 3.05) is 6.61 Å². The molecule has 1 fully saturated rings. The van der Waals surface area contributed by atoms with E-state index in [1.54, 1.807) is 6.92 Å². The average Bonchev–Trinajstić information content (AvgIpc) is 2.30. The van der Waals surface area contributed by atoms with Gasteiger partial charge in [-0.1, -0.05) is 13.3 Å². The van der Waals surface area contributed by atoms with E-state index in [1.807, 2.05) is 6.92 Å². The van der Waals surface area contributed by atoms with Gasteiger partial charge in [0.15, 0.2) is 0 Å². The second-order valence-corrected chi connectivity index (χ2v) is 5.16. The third kappa shape index (κ3) is 3.72. The average molecular weight is 242 g/mol. The zero-order valence-corrected chi connectivity index (χ0v) is 10.7. The van der Waals surface area contributed by atoms with E-state index in [4.69, 9.17) is 9.84 Å². The van der Waals surface area contributed by atoms with Crippen molar-refractivity contribution in [2.24, 2.45) is 11.3 Å². The number of aliphatic carboxylic acids is 1. The number of hydrogen-bond donors (Lipinski definition) is 1. The van der Waals surface area contributed by atoms with Crippen molar-refractivity contribution in [3.63, 3.8) is 0 Å². The van der Waals surface area contributed by atoms with E-state index < -0.39 is 11.4 Å². The summed E-state index contributed by atoms with van der Waals surface area (Å²) in [5.74, 6) is -1.000. The lowest BCUT2D eigenvalue weighted by atomic mass is 9.72. The van der Waals surface area contributed by atoms with Crippen LogP contribution in [0.2, 0.25) is 0 Å². The molecule has 0 radical (unpaired) electrons. The van der Waals surface area contributed by atoms with Crippen LogP contribution in [0.15, 0.2) is 0 Å². The van der Waals surface area contributed by atoms with Crippen molar-refractivity contribution < 1.29 is 19.4 Å². The van der Waals surface area contributed by atoms with Crippen LogP contribution < -0.4 is 0 Å². The van der Waals surface area contributed by atoms with E-state index in [-0.39, 0.29) is 11.9 Å². The van der Waals surface area contributed by atoms with E-state index in [2.05, 4.69) is 0 Å². The standard InChI is InChI=1S/C13H22O4/c1-3-4-9-17-11(14)10-5-7-13(2,8-6-10)12(15)16/h10H,3-9H2,1-2H3,(H,15,16)/t10-,13-. The van der Waals surface area contributed by atoms with Crippen LogP contribution >= 0.6 is 0 Å². The SMILES string of the molecule is CCCCOC(=O)[C@H]1CC[C@](C)(C(=O)O)CC1. The van der Waals surface area contributed by atoms with Crippen molar-refractivity contribution in [2.45, 2.75) is 52.4 Å². The molecule has 4 nitrogen and oxygen atoms in total. The van der Waals surface area contributed by atoms with Crippen molar-refractivity contribution in [3.05, 3.63) is 0 Å². The number of carboxylic acids is 1. The molecule has 0 amide bonds. The molecule has 98 valence electrons. The lowest BCUT2D eigenvalue weighted by molar-refractivity contribution is -0.156. The number of rotatable bonds is 5. The molecule has 0 spiro atoms. The molecule has 0 aromatic carbocycles. The number of hydrogen-bond acceptors (Lipinski definition) is 3. The van der Waals surface area contributed by atoms with Gasteiger partial charge >= 0.3 is 11.9 Å². The van der Waals surface area contributed by atoms with Crippen LogP contribution in [0, 0.1) is 11.3 Å². The largest absolute Gasteiger partial charge is 0.481 e. The minimum Gasteiger partial charge on any atom is -0.481 e. The number of carboxylic acid groups (broad SMARTS) is 1. The summed E-state index contributed by atoms with van der Waals surface area (Å²) in [6.45, 7) is 4.29. The predicted octanol–water partition coefficient (Wildman–Crippen LogP) is 2.61. The Kier molecular flexibility index (Phi) is 4.97. The second kappa shape index (κ2) is 6.03. The molecule has 1 rings (SSSR count). The monoisotopic (exact) mass is 242 g/mol. The molecule has 0 saturated heterocycles. The number of unbranched alkanes of at least 4 members (excludes halogenated alkanes) is 1. The summed E-state index contributed by atoms with van der Waals surface area (Å²) in [6, 6.07) is 0. The molecular weight excluding hydrogens is 220 g/mol. The van der Waals surface area contributed by atoms with E-state index in [9.17, 15) is 9.59 Å². The molecule has 0 aromatic heterocycles. The highest BCUT2D eigenvalue weighted by Gasteiger charge is 2.39. The Morgan fingerprint density at radius 2 is 1.94 bits per heavy atom. The molecule has 17 heavy (non-hydrogen) atoms. The first-order valence-corrected chi connectivity index (χ1v) is 6.39. The molecule has 1 aliphatic carbocycles. The van der Waals surface area contributed by atoms with Crippen molar-refractivity contribution in [1.82, 2.24) is 0 Å². The molecule has 1 aliphatic rings. The van der Waals surface area contributed by atoms with Crippen molar-refractivity contribution in [3.8, 4) is 0 Å². The van der Waals surface area contributed by atoms with E-state index in [0.29, 0.717) is 32.3 Å². The molecule has 0 aliphatic heterocycles. The summed E-state index contributed by atoms with van der Waals surface area (Å²) in [7, 11) is 0. The van der Waals surface area contributed by atoms with E-state index >= 15 is 0 Å². The Balaban J connectivity index is 2.36. The topological polar surface area (TPSA) is 63.6 Å². The quantitative estimate of drug-likeness (QED) is 0.594. The molecule has 1 N–H and O–H groups in total. The molecule has 0 unspecified atom stereocenters. The Morgan fingerprint density at radius 1 is 1.35 bits per heavy atom. The Bertz CT molecular complexity index is 277. The number of ether oxygens (including phenoxy) is 1. The number of esters is 1. The highest BCUT2D eigenvalue weighted by atomic mass is 16.5. The van der Waals surface area contributed by atoms with Gasteiger partial charge in [0.1, 0.15) is 0 Å². The van der Waals surface area contributed by atoms with Gasteiger partial charge in [0.2, 0.25) is 0 Å². The van der Waals surface area contributed by atoms with Gasteiger partial charge in [0, 0.05) is 0 Å². The van der Waals surface area contributed by atoms with E-state index in [1.165, 1.54) is 0 Å². The molecule has 0 atom stereocenters. The molecule has 1 saturated carbocycles. The Hall–Kier alpha value is -1.06. The Labute approximate surface area is 102 Å². The van der Waals surface area contributed by atoms with Crippen molar-refractivity contribution in [1.29, 1.82) is 0 Å². The fraction of sp³-hybridized carbons (Fsp3) is 0.846. The highest BCUT2D eigenvalue weighted by Crippen LogP contribution is 2.39. The minimum absolute atomic E-state index is 0.0979.